The molecule has 0 saturated carbocycles. The van der Waals surface area contributed by atoms with Gasteiger partial charge in [-0.2, -0.15) is 5.26 Å². The smallest absolute Gasteiger partial charge is 0.141 e. The number of pyridine rings is 1. The van der Waals surface area contributed by atoms with Gasteiger partial charge in [0.05, 0.1) is 5.56 Å². The monoisotopic (exact) mass is 227 g/mol. The molecule has 2 heterocycles. The van der Waals surface area contributed by atoms with Crippen molar-refractivity contribution >= 4 is 11.0 Å². The van der Waals surface area contributed by atoms with Gasteiger partial charge in [-0.25, -0.2) is 4.98 Å². The summed E-state index contributed by atoms with van der Waals surface area (Å²) in [7, 11) is 0. The van der Waals surface area contributed by atoms with Crippen molar-refractivity contribution in [3.63, 3.8) is 0 Å². The second kappa shape index (κ2) is 4.58. The molecule has 0 aliphatic carbocycles. The van der Waals surface area contributed by atoms with Crippen LogP contribution in [0.2, 0.25) is 0 Å². The van der Waals surface area contributed by atoms with Crippen LogP contribution in [0.25, 0.3) is 11.0 Å². The van der Waals surface area contributed by atoms with Crippen LogP contribution in [-0.4, -0.2) is 9.55 Å². The van der Waals surface area contributed by atoms with Gasteiger partial charge < -0.3 is 4.57 Å². The van der Waals surface area contributed by atoms with E-state index in [1.165, 1.54) is 0 Å². The first kappa shape index (κ1) is 11.7. The highest BCUT2D eigenvalue weighted by Gasteiger charge is 2.12. The van der Waals surface area contributed by atoms with Crippen molar-refractivity contribution in [1.82, 2.24) is 9.55 Å². The van der Waals surface area contributed by atoms with Gasteiger partial charge in [-0.15, -0.1) is 0 Å². The summed E-state index contributed by atoms with van der Waals surface area (Å²) in [4.78, 5) is 4.57. The van der Waals surface area contributed by atoms with Crippen LogP contribution in [-0.2, 0) is 6.54 Å². The van der Waals surface area contributed by atoms with Gasteiger partial charge in [0.2, 0.25) is 0 Å². The summed E-state index contributed by atoms with van der Waals surface area (Å²) in [5.74, 6) is 0. The minimum absolute atomic E-state index is 0.737. The summed E-state index contributed by atoms with van der Waals surface area (Å²) in [5.41, 5.74) is 3.84. The van der Waals surface area contributed by atoms with E-state index < -0.39 is 0 Å². The minimum Gasteiger partial charge on any atom is -0.331 e. The first-order chi connectivity index (χ1) is 8.17. The van der Waals surface area contributed by atoms with E-state index in [-0.39, 0.29) is 0 Å². The van der Waals surface area contributed by atoms with Gasteiger partial charge in [0, 0.05) is 23.8 Å². The zero-order valence-corrected chi connectivity index (χ0v) is 10.6. The molecular weight excluding hydrogens is 210 g/mol. The van der Waals surface area contributed by atoms with Crippen molar-refractivity contribution in [2.45, 2.75) is 40.2 Å². The molecule has 0 aliphatic rings. The fourth-order valence-corrected chi connectivity index (χ4v) is 2.22. The Morgan fingerprint density at radius 1 is 1.41 bits per heavy atom. The minimum atomic E-state index is 0.737. The topological polar surface area (TPSA) is 41.6 Å². The summed E-state index contributed by atoms with van der Waals surface area (Å²) in [5, 5.41) is 10.2. The lowest BCUT2D eigenvalue weighted by Gasteiger charge is -2.04. The molecule has 17 heavy (non-hydrogen) atoms. The number of nitriles is 1. The van der Waals surface area contributed by atoms with Gasteiger partial charge in [-0.3, -0.25) is 0 Å². The third-order valence-electron chi connectivity index (χ3n) is 3.02. The highest BCUT2D eigenvalue weighted by atomic mass is 15.0. The van der Waals surface area contributed by atoms with Gasteiger partial charge in [0.15, 0.2) is 0 Å². The standard InChI is InChI=1S/C14H17N3/c1-4-5-6-17-9-12(8-15)13-10(2)7-11(3)16-14(13)17/h7,9H,4-6H2,1-3H3. The summed E-state index contributed by atoms with van der Waals surface area (Å²) in [6.07, 6.45) is 4.19. The van der Waals surface area contributed by atoms with Gasteiger partial charge in [0.1, 0.15) is 11.7 Å². The van der Waals surface area contributed by atoms with Crippen molar-refractivity contribution in [2.75, 3.05) is 0 Å². The van der Waals surface area contributed by atoms with Crippen LogP contribution in [0.5, 0.6) is 0 Å². The molecule has 0 amide bonds. The molecule has 0 radical (unpaired) electrons. The van der Waals surface area contributed by atoms with Crippen molar-refractivity contribution in [3.05, 3.63) is 29.1 Å². The number of hydrogen-bond donors (Lipinski definition) is 0. The average Bonchev–Trinajstić information content (AvgIpc) is 2.64. The normalized spacial score (nSPS) is 10.7. The Morgan fingerprint density at radius 2 is 2.18 bits per heavy atom. The van der Waals surface area contributed by atoms with Crippen LogP contribution < -0.4 is 0 Å². The van der Waals surface area contributed by atoms with E-state index in [0.717, 1.165) is 47.2 Å². The number of nitrogens with zero attached hydrogens (tertiary/aromatic N) is 3. The predicted molar refractivity (Wildman–Crippen MR) is 68.8 cm³/mol. The number of hydrogen-bond acceptors (Lipinski definition) is 2. The number of fused-ring (bicyclic) bond motifs is 1. The van der Waals surface area contributed by atoms with Crippen LogP contribution in [0, 0.1) is 25.2 Å². The molecule has 0 spiro atoms. The molecule has 0 atom stereocenters. The Hall–Kier alpha value is -1.82. The number of aromatic nitrogens is 2. The predicted octanol–water partition coefficient (Wildman–Crippen LogP) is 3.32. The van der Waals surface area contributed by atoms with Crippen molar-refractivity contribution in [3.8, 4) is 6.07 Å². The second-order valence-electron chi connectivity index (χ2n) is 4.48. The van der Waals surface area contributed by atoms with Crippen LogP contribution in [0.4, 0.5) is 0 Å². The summed E-state index contributed by atoms with van der Waals surface area (Å²) >= 11 is 0. The molecule has 2 aromatic heterocycles. The molecule has 0 unspecified atom stereocenters. The quantitative estimate of drug-likeness (QED) is 0.807. The largest absolute Gasteiger partial charge is 0.331 e. The Kier molecular flexibility index (Phi) is 3.14. The van der Waals surface area contributed by atoms with E-state index in [9.17, 15) is 5.26 Å². The molecule has 3 heteroatoms. The molecule has 0 N–H and O–H groups in total. The highest BCUT2D eigenvalue weighted by Crippen LogP contribution is 2.24. The third-order valence-corrected chi connectivity index (χ3v) is 3.02. The van der Waals surface area contributed by atoms with E-state index in [1.807, 2.05) is 26.1 Å². The maximum absolute atomic E-state index is 9.18. The zero-order valence-electron chi connectivity index (χ0n) is 10.6. The fourth-order valence-electron chi connectivity index (χ4n) is 2.22. The Morgan fingerprint density at radius 3 is 2.82 bits per heavy atom. The SMILES string of the molecule is CCCCn1cc(C#N)c2c(C)cc(C)nc21. The average molecular weight is 227 g/mol. The van der Waals surface area contributed by atoms with E-state index in [1.54, 1.807) is 0 Å². The first-order valence-electron chi connectivity index (χ1n) is 6.04. The first-order valence-corrected chi connectivity index (χ1v) is 6.04. The second-order valence-corrected chi connectivity index (χ2v) is 4.48. The molecule has 2 aromatic rings. The van der Waals surface area contributed by atoms with Gasteiger partial charge >= 0.3 is 0 Å². The lowest BCUT2D eigenvalue weighted by atomic mass is 10.1. The van der Waals surface area contributed by atoms with E-state index in [4.69, 9.17) is 0 Å². The molecular formula is C14H17N3. The van der Waals surface area contributed by atoms with E-state index in [0.29, 0.717) is 0 Å². The molecule has 88 valence electrons. The van der Waals surface area contributed by atoms with Crippen LogP contribution in [0.15, 0.2) is 12.3 Å². The fraction of sp³-hybridized carbons (Fsp3) is 0.429. The molecule has 0 saturated heterocycles. The van der Waals surface area contributed by atoms with E-state index >= 15 is 0 Å². The van der Waals surface area contributed by atoms with Gasteiger partial charge in [-0.05, 0) is 31.9 Å². The molecule has 0 fully saturated rings. The van der Waals surface area contributed by atoms with Crippen LogP contribution in [0.1, 0.15) is 36.6 Å². The van der Waals surface area contributed by atoms with Crippen molar-refractivity contribution < 1.29 is 0 Å². The van der Waals surface area contributed by atoms with Crippen molar-refractivity contribution in [2.24, 2.45) is 0 Å². The number of unbranched alkanes of at least 4 members (excludes halogenated alkanes) is 1. The van der Waals surface area contributed by atoms with E-state index in [2.05, 4.69) is 22.5 Å². The maximum atomic E-state index is 9.18. The maximum Gasteiger partial charge on any atom is 0.141 e. The Balaban J connectivity index is 2.66. The molecule has 0 aliphatic heterocycles. The Bertz CT molecular complexity index is 588. The van der Waals surface area contributed by atoms with Crippen LogP contribution >= 0.6 is 0 Å². The highest BCUT2D eigenvalue weighted by molar-refractivity contribution is 5.86. The lowest BCUT2D eigenvalue weighted by molar-refractivity contribution is 0.645. The molecule has 3 nitrogen and oxygen atoms in total. The van der Waals surface area contributed by atoms with Gasteiger partial charge in [0.25, 0.3) is 0 Å². The van der Waals surface area contributed by atoms with Gasteiger partial charge in [-0.1, -0.05) is 13.3 Å². The summed E-state index contributed by atoms with van der Waals surface area (Å²) in [6.45, 7) is 7.14. The Labute approximate surface area is 102 Å². The lowest BCUT2D eigenvalue weighted by Crippen LogP contribution is -1.98. The van der Waals surface area contributed by atoms with Crippen molar-refractivity contribution in [1.29, 1.82) is 5.26 Å². The summed E-state index contributed by atoms with van der Waals surface area (Å²) < 4.78 is 2.11. The molecule has 0 aromatic carbocycles. The molecule has 0 bridgehead atoms. The zero-order chi connectivity index (χ0) is 12.4. The number of rotatable bonds is 3. The summed E-state index contributed by atoms with van der Waals surface area (Å²) in [6, 6.07) is 4.30. The third kappa shape index (κ3) is 2.03. The van der Waals surface area contributed by atoms with Crippen LogP contribution in [0.3, 0.4) is 0 Å². The molecule has 2 rings (SSSR count). The number of aryl methyl sites for hydroxylation is 3.